The molecule has 1 atom stereocenters. The summed E-state index contributed by atoms with van der Waals surface area (Å²) in [5.41, 5.74) is 1.17. The Morgan fingerprint density at radius 2 is 2.06 bits per heavy atom. The van der Waals surface area contributed by atoms with E-state index in [1.807, 2.05) is 13.8 Å². The zero-order chi connectivity index (χ0) is 13.0. The first kappa shape index (κ1) is 13.9. The van der Waals surface area contributed by atoms with E-state index in [1.165, 1.54) is 10.5 Å². The number of rotatable bonds is 5. The van der Waals surface area contributed by atoms with Crippen molar-refractivity contribution in [3.63, 3.8) is 0 Å². The Morgan fingerprint density at radius 3 is 2.61 bits per heavy atom. The second-order valence-corrected chi connectivity index (χ2v) is 5.97. The van der Waals surface area contributed by atoms with E-state index in [4.69, 9.17) is 14.6 Å². The lowest BCUT2D eigenvalue weighted by atomic mass is 10.2. The average molecular weight is 268 g/mol. The number of aliphatic hydroxyl groups is 1. The van der Waals surface area contributed by atoms with Gasteiger partial charge in [-0.15, -0.1) is 11.8 Å². The Balaban J connectivity index is 1.80. The van der Waals surface area contributed by atoms with Gasteiger partial charge in [-0.25, -0.2) is 0 Å². The van der Waals surface area contributed by atoms with Crippen molar-refractivity contribution in [1.82, 2.24) is 0 Å². The van der Waals surface area contributed by atoms with Gasteiger partial charge >= 0.3 is 0 Å². The molecule has 0 aliphatic carbocycles. The van der Waals surface area contributed by atoms with Gasteiger partial charge in [0.1, 0.15) is 0 Å². The van der Waals surface area contributed by atoms with E-state index in [2.05, 4.69) is 24.3 Å². The zero-order valence-electron chi connectivity index (χ0n) is 10.9. The molecule has 1 aromatic rings. The van der Waals surface area contributed by atoms with Crippen molar-refractivity contribution in [2.75, 3.05) is 19.0 Å². The van der Waals surface area contributed by atoms with Gasteiger partial charge in [0.2, 0.25) is 0 Å². The molecule has 100 valence electrons. The van der Waals surface area contributed by atoms with Crippen molar-refractivity contribution in [2.45, 2.75) is 37.1 Å². The van der Waals surface area contributed by atoms with Crippen LogP contribution in [-0.4, -0.2) is 36.0 Å². The van der Waals surface area contributed by atoms with Gasteiger partial charge in [-0.3, -0.25) is 0 Å². The normalized spacial score (nSPS) is 22.3. The lowest BCUT2D eigenvalue weighted by Gasteiger charge is -2.16. The van der Waals surface area contributed by atoms with Crippen LogP contribution in [0.3, 0.4) is 0 Å². The maximum atomic E-state index is 8.85. The molecule has 0 radical (unpaired) electrons. The second kappa shape index (κ2) is 6.06. The number of hydrogen-bond donors (Lipinski definition) is 1. The molecule has 2 rings (SSSR count). The molecule has 0 unspecified atom stereocenters. The van der Waals surface area contributed by atoms with E-state index >= 15 is 0 Å². The molecule has 1 heterocycles. The zero-order valence-corrected chi connectivity index (χ0v) is 11.7. The van der Waals surface area contributed by atoms with E-state index in [1.54, 1.807) is 11.8 Å². The number of hydrogen-bond acceptors (Lipinski definition) is 4. The molecule has 0 bridgehead atoms. The monoisotopic (exact) mass is 268 g/mol. The van der Waals surface area contributed by atoms with Crippen LogP contribution >= 0.6 is 11.8 Å². The summed E-state index contributed by atoms with van der Waals surface area (Å²) in [5.74, 6) is 0.471. The van der Waals surface area contributed by atoms with Gasteiger partial charge < -0.3 is 14.6 Å². The van der Waals surface area contributed by atoms with Crippen LogP contribution in [0.1, 0.15) is 19.4 Å². The summed E-state index contributed by atoms with van der Waals surface area (Å²) in [6, 6.07) is 8.32. The van der Waals surface area contributed by atoms with Gasteiger partial charge in [-0.05, 0) is 38.0 Å². The molecule has 0 saturated carbocycles. The van der Waals surface area contributed by atoms with E-state index in [9.17, 15) is 0 Å². The summed E-state index contributed by atoms with van der Waals surface area (Å²) in [5, 5.41) is 8.85. The number of aliphatic hydroxyl groups excluding tert-OH is 1. The van der Waals surface area contributed by atoms with Crippen LogP contribution in [0.15, 0.2) is 29.2 Å². The van der Waals surface area contributed by atoms with Crippen LogP contribution in [0, 0.1) is 0 Å². The van der Waals surface area contributed by atoms with Crippen LogP contribution in [0.5, 0.6) is 0 Å². The highest BCUT2D eigenvalue weighted by molar-refractivity contribution is 7.99. The van der Waals surface area contributed by atoms with Gasteiger partial charge in [0.15, 0.2) is 5.79 Å². The minimum absolute atomic E-state index is 0.169. The molecular weight excluding hydrogens is 248 g/mol. The van der Waals surface area contributed by atoms with E-state index in [0.717, 1.165) is 12.2 Å². The third kappa shape index (κ3) is 3.99. The molecule has 18 heavy (non-hydrogen) atoms. The molecule has 0 aromatic heterocycles. The predicted molar refractivity (Wildman–Crippen MR) is 72.9 cm³/mol. The predicted octanol–water partition coefficient (Wildman–Crippen LogP) is 2.47. The highest BCUT2D eigenvalue weighted by Gasteiger charge is 2.32. The molecule has 4 heteroatoms. The molecule has 1 saturated heterocycles. The molecular formula is C14H20O3S. The van der Waals surface area contributed by atoms with Crippen LogP contribution in [-0.2, 0) is 15.9 Å². The fourth-order valence-corrected chi connectivity index (χ4v) is 2.79. The Bertz CT molecular complexity index is 375. The summed E-state index contributed by atoms with van der Waals surface area (Å²) in [6.45, 7) is 4.76. The van der Waals surface area contributed by atoms with Crippen LogP contribution in [0.2, 0.25) is 0 Å². The molecule has 0 amide bonds. The summed E-state index contributed by atoms with van der Waals surface area (Å²) in [6.07, 6.45) is 0.890. The minimum Gasteiger partial charge on any atom is -0.396 e. The van der Waals surface area contributed by atoms with Gasteiger partial charge in [0.05, 0.1) is 12.7 Å². The first-order valence-electron chi connectivity index (χ1n) is 6.23. The maximum Gasteiger partial charge on any atom is 0.163 e. The summed E-state index contributed by atoms with van der Waals surface area (Å²) in [7, 11) is 0. The third-order valence-electron chi connectivity index (χ3n) is 2.83. The van der Waals surface area contributed by atoms with E-state index < -0.39 is 5.79 Å². The summed E-state index contributed by atoms with van der Waals surface area (Å²) >= 11 is 1.78. The number of benzene rings is 1. The Kier molecular flexibility index (Phi) is 4.67. The van der Waals surface area contributed by atoms with Crippen LogP contribution < -0.4 is 0 Å². The van der Waals surface area contributed by atoms with Crippen molar-refractivity contribution in [2.24, 2.45) is 0 Å². The van der Waals surface area contributed by atoms with Crippen molar-refractivity contribution >= 4 is 11.8 Å². The lowest BCUT2D eigenvalue weighted by molar-refractivity contribution is -0.135. The number of ether oxygens (including phenoxy) is 2. The van der Waals surface area contributed by atoms with Gasteiger partial charge in [0, 0.05) is 17.3 Å². The smallest absolute Gasteiger partial charge is 0.163 e. The maximum absolute atomic E-state index is 8.85. The fraction of sp³-hybridized carbons (Fsp3) is 0.571. The lowest BCUT2D eigenvalue weighted by Crippen LogP contribution is -2.22. The molecule has 1 aliphatic heterocycles. The molecule has 1 aromatic carbocycles. The second-order valence-electron chi connectivity index (χ2n) is 4.88. The quantitative estimate of drug-likeness (QED) is 0.833. The summed E-state index contributed by atoms with van der Waals surface area (Å²) in [4.78, 5) is 1.23. The Morgan fingerprint density at radius 1 is 1.33 bits per heavy atom. The first-order chi connectivity index (χ1) is 8.59. The third-order valence-corrected chi connectivity index (χ3v) is 3.97. The van der Waals surface area contributed by atoms with Crippen molar-refractivity contribution in [3.05, 3.63) is 29.8 Å². The fourth-order valence-electron chi connectivity index (χ4n) is 1.92. The molecule has 1 N–H and O–H groups in total. The standard InChI is InChI=1S/C14H20O3S/c1-14(2)16-9-12(17-14)10-18-13-5-3-11(4-6-13)7-8-15/h3-6,12,15H,7-10H2,1-2H3/t12-/m1/s1. The topological polar surface area (TPSA) is 38.7 Å². The summed E-state index contributed by atoms with van der Waals surface area (Å²) < 4.78 is 11.3. The van der Waals surface area contributed by atoms with Crippen molar-refractivity contribution in [1.29, 1.82) is 0 Å². The van der Waals surface area contributed by atoms with Crippen LogP contribution in [0.25, 0.3) is 0 Å². The highest BCUT2D eigenvalue weighted by atomic mass is 32.2. The molecule has 0 spiro atoms. The average Bonchev–Trinajstić information content (AvgIpc) is 2.69. The minimum atomic E-state index is -0.434. The Hall–Kier alpha value is -0.550. The van der Waals surface area contributed by atoms with E-state index in [-0.39, 0.29) is 12.7 Å². The molecule has 1 fully saturated rings. The largest absolute Gasteiger partial charge is 0.396 e. The Labute approximate surface area is 112 Å². The SMILES string of the molecule is CC1(C)OC[C@H](CSc2ccc(CCO)cc2)O1. The van der Waals surface area contributed by atoms with Crippen molar-refractivity contribution in [3.8, 4) is 0 Å². The van der Waals surface area contributed by atoms with E-state index in [0.29, 0.717) is 6.61 Å². The van der Waals surface area contributed by atoms with Crippen LogP contribution in [0.4, 0.5) is 0 Å². The molecule has 3 nitrogen and oxygen atoms in total. The first-order valence-corrected chi connectivity index (χ1v) is 7.22. The van der Waals surface area contributed by atoms with Gasteiger partial charge in [-0.1, -0.05) is 12.1 Å². The van der Waals surface area contributed by atoms with Crippen molar-refractivity contribution < 1.29 is 14.6 Å². The van der Waals surface area contributed by atoms with Gasteiger partial charge in [0.25, 0.3) is 0 Å². The molecule has 1 aliphatic rings. The highest BCUT2D eigenvalue weighted by Crippen LogP contribution is 2.27. The van der Waals surface area contributed by atoms with Gasteiger partial charge in [-0.2, -0.15) is 0 Å². The number of thioether (sulfide) groups is 1.